The summed E-state index contributed by atoms with van der Waals surface area (Å²) in [5.74, 6) is -0.186. The van der Waals surface area contributed by atoms with Crippen LogP contribution in [-0.2, 0) is 16.1 Å². The number of amides is 1. The van der Waals surface area contributed by atoms with Crippen LogP contribution in [0.2, 0.25) is 0 Å². The van der Waals surface area contributed by atoms with Gasteiger partial charge in [0.1, 0.15) is 5.75 Å². The van der Waals surface area contributed by atoms with Crippen LogP contribution in [0.25, 0.3) is 0 Å². The van der Waals surface area contributed by atoms with Crippen molar-refractivity contribution in [2.75, 3.05) is 65.6 Å². The number of alkyl halides is 3. The lowest BCUT2D eigenvalue weighted by Gasteiger charge is -2.41. The molecule has 2 aliphatic heterocycles. The smallest absolute Gasteiger partial charge is 0.406 e. The molecule has 0 radical (unpaired) electrons. The first-order valence-electron chi connectivity index (χ1n) is 11.0. The third-order valence-electron chi connectivity index (χ3n) is 5.98. The minimum atomic E-state index is -4.68. The van der Waals surface area contributed by atoms with E-state index in [4.69, 9.17) is 4.74 Å². The average molecular weight is 459 g/mol. The molecule has 0 atom stereocenters. The molecule has 3 rings (SSSR count). The molecule has 1 N–H and O–H groups in total. The SMILES string of the molecule is CC(C)(CNC(=O)CN1CCN(Cc2ccc(OC(F)(F)F)cc2)CC1)N1CCOCC1. The maximum absolute atomic E-state index is 12.4. The fraction of sp³-hybridized carbons (Fsp3) is 0.682. The molecule has 1 aromatic rings. The maximum Gasteiger partial charge on any atom is 0.573 e. The Hall–Kier alpha value is -1.88. The quantitative estimate of drug-likeness (QED) is 0.643. The number of morpholine rings is 1. The zero-order valence-electron chi connectivity index (χ0n) is 18.8. The van der Waals surface area contributed by atoms with Gasteiger partial charge in [-0.15, -0.1) is 13.2 Å². The summed E-state index contributed by atoms with van der Waals surface area (Å²) in [6.45, 7) is 12.3. The highest BCUT2D eigenvalue weighted by Gasteiger charge is 2.31. The first-order chi connectivity index (χ1) is 15.1. The minimum Gasteiger partial charge on any atom is -0.406 e. The van der Waals surface area contributed by atoms with Crippen LogP contribution in [0.3, 0.4) is 0 Å². The van der Waals surface area contributed by atoms with Gasteiger partial charge in [0.25, 0.3) is 0 Å². The molecule has 7 nitrogen and oxygen atoms in total. The van der Waals surface area contributed by atoms with Crippen LogP contribution in [0.1, 0.15) is 19.4 Å². The summed E-state index contributed by atoms with van der Waals surface area (Å²) in [7, 11) is 0. The van der Waals surface area contributed by atoms with Gasteiger partial charge in [0.2, 0.25) is 5.91 Å². The van der Waals surface area contributed by atoms with Gasteiger partial charge in [0.15, 0.2) is 0 Å². The molecule has 2 heterocycles. The molecule has 32 heavy (non-hydrogen) atoms. The van der Waals surface area contributed by atoms with Crippen molar-refractivity contribution in [3.05, 3.63) is 29.8 Å². The second-order valence-electron chi connectivity index (χ2n) is 8.93. The highest BCUT2D eigenvalue weighted by atomic mass is 19.4. The van der Waals surface area contributed by atoms with Crippen molar-refractivity contribution in [2.24, 2.45) is 0 Å². The van der Waals surface area contributed by atoms with Crippen molar-refractivity contribution in [2.45, 2.75) is 32.3 Å². The molecule has 10 heteroatoms. The number of benzene rings is 1. The third kappa shape index (κ3) is 7.91. The Kier molecular flexibility index (Phi) is 8.37. The van der Waals surface area contributed by atoms with Crippen LogP contribution in [0.15, 0.2) is 24.3 Å². The van der Waals surface area contributed by atoms with E-state index in [1.54, 1.807) is 12.1 Å². The Morgan fingerprint density at radius 3 is 2.19 bits per heavy atom. The Bertz CT molecular complexity index is 729. The summed E-state index contributed by atoms with van der Waals surface area (Å²) in [6, 6.07) is 5.97. The standard InChI is InChI=1S/C22H33F3N4O3/c1-21(2,29-11-13-31-14-12-29)17-26-20(30)16-28-9-7-27(8-10-28)15-18-3-5-19(6-4-18)32-22(23,24)25/h3-6H,7-17H2,1-2H3,(H,26,30). The van der Waals surface area contributed by atoms with E-state index in [-0.39, 0.29) is 17.2 Å². The second kappa shape index (κ2) is 10.8. The molecule has 1 aromatic carbocycles. The summed E-state index contributed by atoms with van der Waals surface area (Å²) in [6.07, 6.45) is -4.68. The van der Waals surface area contributed by atoms with E-state index in [1.165, 1.54) is 12.1 Å². The third-order valence-corrected chi connectivity index (χ3v) is 5.98. The van der Waals surface area contributed by atoms with Crippen molar-refractivity contribution < 1.29 is 27.4 Å². The topological polar surface area (TPSA) is 57.3 Å². The largest absolute Gasteiger partial charge is 0.573 e. The van der Waals surface area contributed by atoms with E-state index in [2.05, 4.69) is 38.6 Å². The molecule has 2 aliphatic rings. The van der Waals surface area contributed by atoms with Gasteiger partial charge in [0, 0.05) is 57.9 Å². The number of nitrogens with one attached hydrogen (secondary N) is 1. The summed E-state index contributed by atoms with van der Waals surface area (Å²) in [5.41, 5.74) is 0.815. The van der Waals surface area contributed by atoms with E-state index < -0.39 is 6.36 Å². The number of halogens is 3. The number of ether oxygens (including phenoxy) is 2. The minimum absolute atomic E-state index is 0.0278. The van der Waals surface area contributed by atoms with Gasteiger partial charge in [0.05, 0.1) is 19.8 Å². The van der Waals surface area contributed by atoms with E-state index in [0.29, 0.717) is 19.6 Å². The molecule has 180 valence electrons. The second-order valence-corrected chi connectivity index (χ2v) is 8.93. The zero-order valence-corrected chi connectivity index (χ0v) is 18.8. The van der Waals surface area contributed by atoms with Gasteiger partial charge in [-0.1, -0.05) is 12.1 Å². The Morgan fingerprint density at radius 2 is 1.59 bits per heavy atom. The predicted octanol–water partition coefficient (Wildman–Crippen LogP) is 1.93. The van der Waals surface area contributed by atoms with E-state index in [9.17, 15) is 18.0 Å². The van der Waals surface area contributed by atoms with Gasteiger partial charge >= 0.3 is 6.36 Å². The lowest BCUT2D eigenvalue weighted by molar-refractivity contribution is -0.274. The predicted molar refractivity (Wildman–Crippen MR) is 114 cm³/mol. The van der Waals surface area contributed by atoms with Crippen LogP contribution in [-0.4, -0.2) is 98.1 Å². The summed E-state index contributed by atoms with van der Waals surface area (Å²) >= 11 is 0. The average Bonchev–Trinajstić information content (AvgIpc) is 2.75. The number of nitrogens with zero attached hydrogens (tertiary/aromatic N) is 3. The Labute approximate surface area is 187 Å². The van der Waals surface area contributed by atoms with Crippen molar-refractivity contribution in [3.8, 4) is 5.75 Å². The molecule has 0 aromatic heterocycles. The van der Waals surface area contributed by atoms with Crippen molar-refractivity contribution in [1.82, 2.24) is 20.0 Å². The zero-order chi connectivity index (χ0) is 23.2. The molecule has 0 aliphatic carbocycles. The van der Waals surface area contributed by atoms with Crippen LogP contribution >= 0.6 is 0 Å². The van der Waals surface area contributed by atoms with Crippen molar-refractivity contribution in [1.29, 1.82) is 0 Å². The van der Waals surface area contributed by atoms with E-state index >= 15 is 0 Å². The monoisotopic (exact) mass is 458 g/mol. The van der Waals surface area contributed by atoms with E-state index in [0.717, 1.165) is 58.0 Å². The Balaban J connectivity index is 1.36. The van der Waals surface area contributed by atoms with Gasteiger partial charge in [-0.05, 0) is 31.5 Å². The number of rotatable bonds is 8. The fourth-order valence-corrected chi connectivity index (χ4v) is 4.01. The normalized spacial score (nSPS) is 19.7. The van der Waals surface area contributed by atoms with Crippen LogP contribution < -0.4 is 10.1 Å². The number of hydrogen-bond acceptors (Lipinski definition) is 6. The molecule has 2 fully saturated rings. The number of piperazine rings is 1. The molecule has 0 bridgehead atoms. The highest BCUT2D eigenvalue weighted by molar-refractivity contribution is 5.78. The van der Waals surface area contributed by atoms with Crippen LogP contribution in [0.4, 0.5) is 13.2 Å². The van der Waals surface area contributed by atoms with Crippen LogP contribution in [0.5, 0.6) is 5.75 Å². The maximum atomic E-state index is 12.4. The van der Waals surface area contributed by atoms with Gasteiger partial charge < -0.3 is 14.8 Å². The first-order valence-corrected chi connectivity index (χ1v) is 11.0. The van der Waals surface area contributed by atoms with Crippen LogP contribution in [0, 0.1) is 0 Å². The Morgan fingerprint density at radius 1 is 1.00 bits per heavy atom. The molecule has 0 unspecified atom stereocenters. The van der Waals surface area contributed by atoms with E-state index in [1.807, 2.05) is 0 Å². The van der Waals surface area contributed by atoms with Crippen molar-refractivity contribution in [3.63, 3.8) is 0 Å². The van der Waals surface area contributed by atoms with Crippen molar-refractivity contribution >= 4 is 5.91 Å². The number of carbonyl (C=O) groups is 1. The molecule has 0 spiro atoms. The highest BCUT2D eigenvalue weighted by Crippen LogP contribution is 2.23. The number of hydrogen-bond donors (Lipinski definition) is 1. The van der Waals surface area contributed by atoms with Gasteiger partial charge in [-0.25, -0.2) is 0 Å². The molecular formula is C22H33F3N4O3. The number of carbonyl (C=O) groups excluding carboxylic acids is 1. The summed E-state index contributed by atoms with van der Waals surface area (Å²) in [5, 5.41) is 3.07. The molecule has 2 saturated heterocycles. The first kappa shape index (κ1) is 24.8. The summed E-state index contributed by atoms with van der Waals surface area (Å²) < 4.78 is 46.1. The lowest BCUT2D eigenvalue weighted by Crippen LogP contribution is -2.56. The fourth-order valence-electron chi connectivity index (χ4n) is 4.01. The van der Waals surface area contributed by atoms with Gasteiger partial charge in [-0.3, -0.25) is 19.5 Å². The lowest BCUT2D eigenvalue weighted by atomic mass is 10.0. The molecule has 0 saturated carbocycles. The van der Waals surface area contributed by atoms with Gasteiger partial charge in [-0.2, -0.15) is 0 Å². The summed E-state index contributed by atoms with van der Waals surface area (Å²) in [4.78, 5) is 19.2. The molecule has 1 amide bonds. The molecular weight excluding hydrogens is 425 g/mol.